The Hall–Kier alpha value is -8.98. The van der Waals surface area contributed by atoms with Gasteiger partial charge in [-0.3, -0.25) is 0 Å². The highest BCUT2D eigenvalue weighted by Crippen LogP contribution is 2.61. The smallest absolute Gasteiger partial charge is 0.0468 e. The lowest BCUT2D eigenvalue weighted by atomic mass is 9.48. The predicted molar refractivity (Wildman–Crippen MR) is 328 cm³/mol. The van der Waals surface area contributed by atoms with E-state index in [-0.39, 0.29) is 0 Å². The van der Waals surface area contributed by atoms with Crippen LogP contribution in [0.3, 0.4) is 0 Å². The Labute approximate surface area is 460 Å². The van der Waals surface area contributed by atoms with Crippen molar-refractivity contribution in [3.8, 4) is 66.8 Å². The van der Waals surface area contributed by atoms with Gasteiger partial charge in [-0.05, 0) is 207 Å². The first-order valence-electron chi connectivity index (χ1n) is 28.1. The first-order chi connectivity index (χ1) is 38.6. The van der Waals surface area contributed by atoms with E-state index in [1.165, 1.54) is 94.2 Å². The quantitative estimate of drug-likeness (QED) is 0.114. The topological polar surface area (TPSA) is 6.48 Å². The maximum absolute atomic E-state index is 2.47. The van der Waals surface area contributed by atoms with Gasteiger partial charge in [0, 0.05) is 34.1 Å². The molecule has 4 fully saturated rings. The molecule has 0 radical (unpaired) electrons. The van der Waals surface area contributed by atoms with Crippen molar-refractivity contribution in [3.63, 3.8) is 0 Å². The molecule has 2 heteroatoms. The summed E-state index contributed by atoms with van der Waals surface area (Å²) in [6, 6.07) is 105. The molecule has 0 atom stereocenters. The molecular formula is C76H62N2. The molecule has 0 saturated heterocycles. The van der Waals surface area contributed by atoms with E-state index in [2.05, 4.69) is 295 Å². The largest absolute Gasteiger partial charge is 0.311 e. The molecule has 11 aromatic rings. The van der Waals surface area contributed by atoms with Crippen LogP contribution in [0.1, 0.15) is 44.1 Å². The van der Waals surface area contributed by atoms with Crippen LogP contribution in [0.25, 0.3) is 66.8 Å². The minimum atomic E-state index is 0.412. The van der Waals surface area contributed by atoms with Gasteiger partial charge in [-0.2, -0.15) is 0 Å². The predicted octanol–water partition coefficient (Wildman–Crippen LogP) is 21.1. The van der Waals surface area contributed by atoms with Gasteiger partial charge in [-0.15, -0.1) is 0 Å². The number of hydrogen-bond donors (Lipinski definition) is 0. The van der Waals surface area contributed by atoms with Gasteiger partial charge in [0.1, 0.15) is 0 Å². The number of benzene rings is 11. The second-order valence-corrected chi connectivity index (χ2v) is 22.4. The van der Waals surface area contributed by atoms with Crippen molar-refractivity contribution in [2.45, 2.75) is 43.9 Å². The third-order valence-corrected chi connectivity index (χ3v) is 17.5. The standard InChI is InChI=1S/C76H62N2/c1-5-13-57(14-6-1)60-23-35-68(36-24-60)77(69-37-27-62(28-38-69)59-21-33-67(34-22-59)76-51-54-47-55(52-76)49-56(48-54)53-76)70-39-29-63(30-40-70)64-31-43-72(44-32-64)78(71-41-25-61(26-42-71)58-15-7-2-8-16-58)73-45-46-74(65-17-9-3-10-18-65)75(50-73)66-19-11-4-12-20-66/h1-46,50,54-56H,47-49,51-53H2. The van der Waals surface area contributed by atoms with Gasteiger partial charge in [0.2, 0.25) is 0 Å². The molecule has 376 valence electrons. The summed E-state index contributed by atoms with van der Waals surface area (Å²) in [4.78, 5) is 4.77. The second kappa shape index (κ2) is 20.5. The molecule has 0 unspecified atom stereocenters. The van der Waals surface area contributed by atoms with Gasteiger partial charge in [0.25, 0.3) is 0 Å². The van der Waals surface area contributed by atoms with Crippen molar-refractivity contribution in [1.82, 2.24) is 0 Å². The van der Waals surface area contributed by atoms with E-state index in [0.29, 0.717) is 5.41 Å². The van der Waals surface area contributed by atoms with Crippen LogP contribution in [0.15, 0.2) is 285 Å². The molecule has 0 spiro atoms. The van der Waals surface area contributed by atoms with Crippen molar-refractivity contribution in [2.75, 3.05) is 9.80 Å². The second-order valence-electron chi connectivity index (χ2n) is 22.4. The van der Waals surface area contributed by atoms with E-state index in [1.54, 1.807) is 5.56 Å². The average Bonchev–Trinajstić information content (AvgIpc) is 3.70. The van der Waals surface area contributed by atoms with Crippen LogP contribution in [0.2, 0.25) is 0 Å². The van der Waals surface area contributed by atoms with Crippen molar-refractivity contribution in [3.05, 3.63) is 291 Å². The molecule has 78 heavy (non-hydrogen) atoms. The molecule has 2 nitrogen and oxygen atoms in total. The van der Waals surface area contributed by atoms with Crippen LogP contribution >= 0.6 is 0 Å². The summed E-state index contributed by atoms with van der Waals surface area (Å²) in [5.41, 5.74) is 23.0. The van der Waals surface area contributed by atoms with Crippen LogP contribution in [0, 0.1) is 17.8 Å². The van der Waals surface area contributed by atoms with E-state index in [1.807, 2.05) is 0 Å². The molecule has 0 amide bonds. The van der Waals surface area contributed by atoms with E-state index >= 15 is 0 Å². The third-order valence-electron chi connectivity index (χ3n) is 17.5. The fraction of sp³-hybridized carbons (Fsp3) is 0.132. The molecular weight excluding hydrogens is 941 g/mol. The molecule has 0 N–H and O–H groups in total. The summed E-state index contributed by atoms with van der Waals surface area (Å²) in [6.07, 6.45) is 8.63. The van der Waals surface area contributed by atoms with E-state index in [9.17, 15) is 0 Å². The summed E-state index contributed by atoms with van der Waals surface area (Å²) in [5, 5.41) is 0. The SMILES string of the molecule is c1ccc(-c2ccc(N(c3ccc(-c4ccc(N(c5ccc(-c6ccccc6)cc5)c5ccc(-c6ccccc6)c(-c6ccccc6)c5)cc4)cc3)c3ccc(-c4ccc(C56CC7CC(CC(C7)C5)C6)cc4)cc3)cc2)cc1. The lowest BCUT2D eigenvalue weighted by Crippen LogP contribution is -2.48. The summed E-state index contributed by atoms with van der Waals surface area (Å²) >= 11 is 0. The Kier molecular flexibility index (Phi) is 12.5. The minimum absolute atomic E-state index is 0.412. The molecule has 0 aromatic heterocycles. The third kappa shape index (κ3) is 9.32. The number of anilines is 6. The van der Waals surface area contributed by atoms with Gasteiger partial charge in [0.05, 0.1) is 0 Å². The van der Waals surface area contributed by atoms with E-state index < -0.39 is 0 Å². The highest BCUT2D eigenvalue weighted by molar-refractivity contribution is 5.90. The Morgan fingerprint density at radius 1 is 0.231 bits per heavy atom. The Bertz CT molecular complexity index is 3760. The Balaban J connectivity index is 0.778. The summed E-state index contributed by atoms with van der Waals surface area (Å²) < 4.78 is 0. The van der Waals surface area contributed by atoms with Crippen LogP contribution < -0.4 is 9.80 Å². The van der Waals surface area contributed by atoms with Crippen LogP contribution in [-0.2, 0) is 5.41 Å². The average molecular weight is 1000 g/mol. The zero-order valence-electron chi connectivity index (χ0n) is 44.0. The molecule has 4 aliphatic rings. The molecule has 4 aliphatic carbocycles. The lowest BCUT2D eigenvalue weighted by molar-refractivity contribution is -0.00518. The fourth-order valence-corrected chi connectivity index (χ4v) is 14.0. The van der Waals surface area contributed by atoms with Crippen LogP contribution in [0.5, 0.6) is 0 Å². The highest BCUT2D eigenvalue weighted by Gasteiger charge is 2.51. The Morgan fingerprint density at radius 3 is 0.821 bits per heavy atom. The fourth-order valence-electron chi connectivity index (χ4n) is 14.0. The van der Waals surface area contributed by atoms with Crippen molar-refractivity contribution >= 4 is 34.1 Å². The maximum Gasteiger partial charge on any atom is 0.0468 e. The van der Waals surface area contributed by atoms with Gasteiger partial charge in [-0.1, -0.05) is 212 Å². The minimum Gasteiger partial charge on any atom is -0.311 e. The molecule has 0 aliphatic heterocycles. The summed E-state index contributed by atoms with van der Waals surface area (Å²) in [6.45, 7) is 0. The van der Waals surface area contributed by atoms with Gasteiger partial charge < -0.3 is 9.80 Å². The number of rotatable bonds is 13. The Morgan fingerprint density at radius 2 is 0.487 bits per heavy atom. The van der Waals surface area contributed by atoms with Gasteiger partial charge >= 0.3 is 0 Å². The lowest BCUT2D eigenvalue weighted by Gasteiger charge is -2.57. The molecule has 0 heterocycles. The molecule has 11 aromatic carbocycles. The van der Waals surface area contributed by atoms with Crippen molar-refractivity contribution < 1.29 is 0 Å². The number of nitrogens with zero attached hydrogens (tertiary/aromatic N) is 2. The zero-order valence-corrected chi connectivity index (χ0v) is 44.0. The van der Waals surface area contributed by atoms with Crippen LogP contribution in [0.4, 0.5) is 34.1 Å². The summed E-state index contributed by atoms with van der Waals surface area (Å²) in [7, 11) is 0. The molecule has 4 saturated carbocycles. The number of hydrogen-bond acceptors (Lipinski definition) is 2. The first-order valence-corrected chi connectivity index (χ1v) is 28.1. The van der Waals surface area contributed by atoms with Crippen LogP contribution in [-0.4, -0.2) is 0 Å². The highest BCUT2D eigenvalue weighted by atomic mass is 15.1. The molecule has 15 rings (SSSR count). The van der Waals surface area contributed by atoms with Crippen molar-refractivity contribution in [1.29, 1.82) is 0 Å². The van der Waals surface area contributed by atoms with Gasteiger partial charge in [-0.25, -0.2) is 0 Å². The monoisotopic (exact) mass is 1000 g/mol. The summed E-state index contributed by atoms with van der Waals surface area (Å²) in [5.74, 6) is 2.84. The van der Waals surface area contributed by atoms with Gasteiger partial charge in [0.15, 0.2) is 0 Å². The van der Waals surface area contributed by atoms with Crippen molar-refractivity contribution in [2.24, 2.45) is 17.8 Å². The first kappa shape index (κ1) is 47.5. The van der Waals surface area contributed by atoms with E-state index in [0.717, 1.165) is 63.0 Å². The zero-order chi connectivity index (χ0) is 51.8. The normalized spacial score (nSPS) is 18.1. The van der Waals surface area contributed by atoms with E-state index in [4.69, 9.17) is 0 Å². The maximum atomic E-state index is 2.47. The molecule has 4 bridgehead atoms.